The largest absolute Gasteiger partial charge is 0.493 e. The predicted octanol–water partition coefficient (Wildman–Crippen LogP) is 2.01. The van der Waals surface area contributed by atoms with Gasteiger partial charge in [0, 0.05) is 6.20 Å². The lowest BCUT2D eigenvalue weighted by Gasteiger charge is -2.22. The molecule has 94 valence electrons. The zero-order valence-electron chi connectivity index (χ0n) is 10.3. The average Bonchev–Trinajstić information content (AvgIpc) is 2.46. The molecule has 0 radical (unpaired) electrons. The van der Waals surface area contributed by atoms with Crippen molar-refractivity contribution in [1.82, 2.24) is 15.3 Å². The Labute approximate surface area is 106 Å². The maximum atomic E-state index is 5.95. The van der Waals surface area contributed by atoms with Crippen LogP contribution in [0.1, 0.15) is 12.8 Å². The van der Waals surface area contributed by atoms with Gasteiger partial charge in [0.1, 0.15) is 12.1 Å². The van der Waals surface area contributed by atoms with Crippen LogP contribution in [-0.4, -0.2) is 29.7 Å². The summed E-state index contributed by atoms with van der Waals surface area (Å²) in [6, 6.07) is 5.95. The number of rotatable bonds is 3. The van der Waals surface area contributed by atoms with E-state index >= 15 is 0 Å². The summed E-state index contributed by atoms with van der Waals surface area (Å²) in [6.07, 6.45) is 5.78. The molecule has 0 bridgehead atoms. The Kier molecular flexibility index (Phi) is 3.37. The quantitative estimate of drug-likeness (QED) is 0.895. The van der Waals surface area contributed by atoms with E-state index in [2.05, 4.69) is 15.3 Å². The molecule has 2 aromatic rings. The Bertz CT molecular complexity index is 518. The molecule has 18 heavy (non-hydrogen) atoms. The smallest absolute Gasteiger partial charge is 0.130 e. The molecule has 4 nitrogen and oxygen atoms in total. The van der Waals surface area contributed by atoms with Gasteiger partial charge in [-0.1, -0.05) is 6.07 Å². The first kappa shape index (κ1) is 11.4. The monoisotopic (exact) mass is 243 g/mol. The van der Waals surface area contributed by atoms with Gasteiger partial charge in [0.15, 0.2) is 0 Å². The van der Waals surface area contributed by atoms with E-state index in [0.717, 1.165) is 36.3 Å². The summed E-state index contributed by atoms with van der Waals surface area (Å²) < 4.78 is 5.95. The zero-order valence-corrected chi connectivity index (χ0v) is 10.3. The molecule has 1 aliphatic heterocycles. The lowest BCUT2D eigenvalue weighted by Crippen LogP contribution is -2.30. The van der Waals surface area contributed by atoms with Crippen molar-refractivity contribution < 1.29 is 4.74 Å². The SMILES string of the molecule is c1cc(OCC2CCNCC2)c2cncnc2c1. The lowest BCUT2D eigenvalue weighted by molar-refractivity contribution is 0.217. The van der Waals surface area contributed by atoms with Crippen molar-refractivity contribution in [3.05, 3.63) is 30.7 Å². The maximum Gasteiger partial charge on any atom is 0.130 e. The van der Waals surface area contributed by atoms with Crippen LogP contribution in [0.2, 0.25) is 0 Å². The molecule has 1 N–H and O–H groups in total. The molecule has 4 heteroatoms. The summed E-state index contributed by atoms with van der Waals surface area (Å²) in [5.74, 6) is 1.55. The summed E-state index contributed by atoms with van der Waals surface area (Å²) >= 11 is 0. The third kappa shape index (κ3) is 2.43. The van der Waals surface area contributed by atoms with Crippen LogP contribution in [0.5, 0.6) is 5.75 Å². The van der Waals surface area contributed by atoms with Crippen LogP contribution >= 0.6 is 0 Å². The van der Waals surface area contributed by atoms with Gasteiger partial charge in [0.25, 0.3) is 0 Å². The lowest BCUT2D eigenvalue weighted by atomic mass is 9.99. The van der Waals surface area contributed by atoms with Crippen LogP contribution in [0.15, 0.2) is 30.7 Å². The summed E-state index contributed by atoms with van der Waals surface area (Å²) in [5.41, 5.74) is 0.938. The minimum atomic E-state index is 0.658. The van der Waals surface area contributed by atoms with Gasteiger partial charge in [-0.05, 0) is 44.0 Å². The van der Waals surface area contributed by atoms with Gasteiger partial charge in [0.2, 0.25) is 0 Å². The highest BCUT2D eigenvalue weighted by Gasteiger charge is 2.14. The molecular formula is C14H17N3O. The topological polar surface area (TPSA) is 47.0 Å². The van der Waals surface area contributed by atoms with Crippen molar-refractivity contribution in [2.45, 2.75) is 12.8 Å². The van der Waals surface area contributed by atoms with Gasteiger partial charge in [-0.2, -0.15) is 0 Å². The van der Waals surface area contributed by atoms with E-state index in [-0.39, 0.29) is 0 Å². The van der Waals surface area contributed by atoms with Gasteiger partial charge >= 0.3 is 0 Å². The van der Waals surface area contributed by atoms with E-state index in [9.17, 15) is 0 Å². The molecule has 1 aromatic heterocycles. The highest BCUT2D eigenvalue weighted by molar-refractivity contribution is 5.83. The predicted molar refractivity (Wildman–Crippen MR) is 70.6 cm³/mol. The van der Waals surface area contributed by atoms with Crippen LogP contribution in [-0.2, 0) is 0 Å². The van der Waals surface area contributed by atoms with Gasteiger partial charge < -0.3 is 10.1 Å². The van der Waals surface area contributed by atoms with Crippen LogP contribution in [0.4, 0.5) is 0 Å². The third-order valence-corrected chi connectivity index (χ3v) is 3.44. The molecule has 0 amide bonds. The van der Waals surface area contributed by atoms with Crippen molar-refractivity contribution in [3.63, 3.8) is 0 Å². The number of fused-ring (bicyclic) bond motifs is 1. The number of nitrogens with one attached hydrogen (secondary N) is 1. The fourth-order valence-electron chi connectivity index (χ4n) is 2.36. The van der Waals surface area contributed by atoms with Crippen LogP contribution in [0, 0.1) is 5.92 Å². The number of hydrogen-bond acceptors (Lipinski definition) is 4. The second-order valence-corrected chi connectivity index (χ2v) is 4.72. The first-order chi connectivity index (χ1) is 8.93. The molecule has 0 unspecified atom stereocenters. The van der Waals surface area contributed by atoms with E-state index < -0.39 is 0 Å². The number of ether oxygens (including phenoxy) is 1. The van der Waals surface area contributed by atoms with E-state index in [1.165, 1.54) is 12.8 Å². The highest BCUT2D eigenvalue weighted by atomic mass is 16.5. The molecular weight excluding hydrogens is 226 g/mol. The van der Waals surface area contributed by atoms with Gasteiger partial charge in [-0.3, -0.25) is 0 Å². The summed E-state index contributed by atoms with van der Waals surface area (Å²) in [7, 11) is 0. The molecule has 0 spiro atoms. The fraction of sp³-hybridized carbons (Fsp3) is 0.429. The van der Waals surface area contributed by atoms with E-state index in [1.54, 1.807) is 6.33 Å². The normalized spacial score (nSPS) is 16.9. The Morgan fingerprint density at radius 2 is 2.17 bits per heavy atom. The minimum absolute atomic E-state index is 0.658. The molecule has 0 saturated carbocycles. The number of piperidine rings is 1. The van der Waals surface area contributed by atoms with E-state index in [1.807, 2.05) is 24.4 Å². The van der Waals surface area contributed by atoms with Crippen molar-refractivity contribution in [1.29, 1.82) is 0 Å². The maximum absolute atomic E-state index is 5.95. The molecule has 2 heterocycles. The molecule has 0 aliphatic carbocycles. The summed E-state index contributed by atoms with van der Waals surface area (Å²) in [6.45, 7) is 3.00. The van der Waals surface area contributed by atoms with Crippen LogP contribution < -0.4 is 10.1 Å². The van der Waals surface area contributed by atoms with Gasteiger partial charge in [-0.15, -0.1) is 0 Å². The second-order valence-electron chi connectivity index (χ2n) is 4.72. The van der Waals surface area contributed by atoms with Crippen molar-refractivity contribution in [3.8, 4) is 5.75 Å². The van der Waals surface area contributed by atoms with Crippen molar-refractivity contribution in [2.24, 2.45) is 5.92 Å². The summed E-state index contributed by atoms with van der Waals surface area (Å²) in [4.78, 5) is 8.30. The third-order valence-electron chi connectivity index (χ3n) is 3.44. The molecule has 3 rings (SSSR count). The first-order valence-corrected chi connectivity index (χ1v) is 6.46. The molecule has 0 atom stereocenters. The number of benzene rings is 1. The second kappa shape index (κ2) is 5.31. The molecule has 1 fully saturated rings. The molecule has 1 aromatic carbocycles. The Morgan fingerprint density at radius 3 is 3.06 bits per heavy atom. The first-order valence-electron chi connectivity index (χ1n) is 6.46. The van der Waals surface area contributed by atoms with E-state index in [4.69, 9.17) is 4.74 Å². The molecule has 1 aliphatic rings. The number of nitrogens with zero attached hydrogens (tertiary/aromatic N) is 2. The number of aromatic nitrogens is 2. The Balaban J connectivity index is 1.74. The number of hydrogen-bond donors (Lipinski definition) is 1. The van der Waals surface area contributed by atoms with Gasteiger partial charge in [-0.25, -0.2) is 9.97 Å². The Hall–Kier alpha value is -1.68. The van der Waals surface area contributed by atoms with Crippen LogP contribution in [0.3, 0.4) is 0 Å². The van der Waals surface area contributed by atoms with E-state index in [0.29, 0.717) is 5.92 Å². The minimum Gasteiger partial charge on any atom is -0.493 e. The van der Waals surface area contributed by atoms with Gasteiger partial charge in [0.05, 0.1) is 17.5 Å². The van der Waals surface area contributed by atoms with Crippen molar-refractivity contribution in [2.75, 3.05) is 19.7 Å². The van der Waals surface area contributed by atoms with Crippen LogP contribution in [0.25, 0.3) is 10.9 Å². The average molecular weight is 243 g/mol. The Morgan fingerprint density at radius 1 is 1.28 bits per heavy atom. The molecule has 1 saturated heterocycles. The highest BCUT2D eigenvalue weighted by Crippen LogP contribution is 2.24. The standard InChI is InChI=1S/C14H17N3O/c1-2-13-12(8-16-10-17-13)14(3-1)18-9-11-4-6-15-7-5-11/h1-3,8,10-11,15H,4-7,9H2. The van der Waals surface area contributed by atoms with Crippen molar-refractivity contribution >= 4 is 10.9 Å². The summed E-state index contributed by atoms with van der Waals surface area (Å²) in [5, 5.41) is 4.36. The zero-order chi connectivity index (χ0) is 12.2. The fourth-order valence-corrected chi connectivity index (χ4v) is 2.36.